The number of amides is 2. The summed E-state index contributed by atoms with van der Waals surface area (Å²) in [4.78, 5) is 27.7. The highest BCUT2D eigenvalue weighted by Gasteiger charge is 2.48. The van der Waals surface area contributed by atoms with Gasteiger partial charge in [0.1, 0.15) is 24.4 Å². The summed E-state index contributed by atoms with van der Waals surface area (Å²) in [6, 6.07) is -1.05. The minimum atomic E-state index is -1.41. The third-order valence-corrected chi connectivity index (χ3v) is 11.3. The van der Waals surface area contributed by atoms with Crippen LogP contribution in [0.15, 0.2) is 0 Å². The molecule has 1 rings (SSSR count). The Balaban J connectivity index is 2.48. The number of ether oxygens (including phenoxy) is 1. The largest absolute Gasteiger partial charge is 0.394 e. The van der Waals surface area contributed by atoms with Gasteiger partial charge in [0.15, 0.2) is 6.23 Å². The van der Waals surface area contributed by atoms with E-state index in [0.29, 0.717) is 13.0 Å². The van der Waals surface area contributed by atoms with Crippen LogP contribution in [0.3, 0.4) is 0 Å². The maximum atomic E-state index is 13.8. The maximum Gasteiger partial charge on any atom is 0.234 e. The number of hydrogen-bond acceptors (Lipinski definition) is 7. The van der Waals surface area contributed by atoms with Crippen LogP contribution in [0.25, 0.3) is 0 Å². The summed E-state index contributed by atoms with van der Waals surface area (Å²) in [5.41, 5.74) is 5.56. The molecular weight excluding hydrogens is 666 g/mol. The third kappa shape index (κ3) is 24.8. The second kappa shape index (κ2) is 35.2. The average molecular weight is 754 g/mol. The average Bonchev–Trinajstić information content (AvgIpc) is 3.16. The molecule has 2 amide bonds. The first-order valence-electron chi connectivity index (χ1n) is 22.8. The zero-order chi connectivity index (χ0) is 38.8. The molecule has 1 aliphatic rings. The SMILES string of the molecule is CCCCCCCCCCCCCCCCCCN(C(=O)CCCCCCCCCCCCCCCCC)[C@@H]1O[C@H](CO)[C@H](O)[C@H](O)[C@H]1NC(=O)CN. The van der Waals surface area contributed by atoms with Crippen LogP contribution in [0.2, 0.25) is 0 Å². The summed E-state index contributed by atoms with van der Waals surface area (Å²) >= 11 is 0. The van der Waals surface area contributed by atoms with Crippen LogP contribution in [-0.4, -0.2) is 82.3 Å². The number of hydrogen-bond donors (Lipinski definition) is 5. The predicted molar refractivity (Wildman–Crippen MR) is 220 cm³/mol. The molecule has 1 saturated heterocycles. The predicted octanol–water partition coefficient (Wildman–Crippen LogP) is 9.22. The van der Waals surface area contributed by atoms with Gasteiger partial charge in [-0.2, -0.15) is 0 Å². The molecule has 1 heterocycles. The Labute approximate surface area is 326 Å². The van der Waals surface area contributed by atoms with Crippen molar-refractivity contribution in [1.82, 2.24) is 10.2 Å². The molecule has 9 nitrogen and oxygen atoms in total. The van der Waals surface area contributed by atoms with Crippen LogP contribution in [0.4, 0.5) is 0 Å². The first kappa shape index (κ1) is 49.8. The van der Waals surface area contributed by atoms with E-state index in [9.17, 15) is 24.9 Å². The monoisotopic (exact) mass is 754 g/mol. The molecule has 0 aromatic rings. The Morgan fingerprint density at radius 2 is 0.925 bits per heavy atom. The Hall–Kier alpha value is -1.26. The molecule has 0 aliphatic carbocycles. The van der Waals surface area contributed by atoms with Crippen LogP contribution in [-0.2, 0) is 14.3 Å². The highest BCUT2D eigenvalue weighted by molar-refractivity contribution is 5.79. The maximum absolute atomic E-state index is 13.8. The van der Waals surface area contributed by atoms with Crippen molar-refractivity contribution in [3.63, 3.8) is 0 Å². The van der Waals surface area contributed by atoms with E-state index >= 15 is 0 Å². The van der Waals surface area contributed by atoms with Gasteiger partial charge in [0, 0.05) is 13.0 Å². The Kier molecular flexibility index (Phi) is 33.0. The molecule has 9 heteroatoms. The van der Waals surface area contributed by atoms with Crippen LogP contribution in [0, 0.1) is 0 Å². The second-order valence-corrected chi connectivity index (χ2v) is 16.1. The van der Waals surface area contributed by atoms with Crippen molar-refractivity contribution < 1.29 is 29.6 Å². The van der Waals surface area contributed by atoms with Crippen molar-refractivity contribution in [3.8, 4) is 0 Å². The summed E-state index contributed by atoms with van der Waals surface area (Å²) in [5.74, 6) is -0.590. The van der Waals surface area contributed by atoms with Crippen molar-refractivity contribution in [2.24, 2.45) is 5.73 Å². The number of aliphatic hydroxyl groups excluding tert-OH is 3. The Morgan fingerprint density at radius 1 is 0.566 bits per heavy atom. The molecule has 0 saturated carbocycles. The standard InChI is InChI=1S/C44H87N3O6/c1-3-5-7-9-11-13-15-17-19-21-23-25-27-29-31-33-35-47(44-41(46-39(49)36-45)43(52)42(51)38(37-48)53-44)40(50)34-32-30-28-26-24-22-20-18-16-14-12-10-8-6-4-2/h38,41-44,48,51-52H,3-37,45H2,1-2H3,(H,46,49)/t38-,41-,42+,43-,44-/m1/s1. The van der Waals surface area contributed by atoms with Crippen molar-refractivity contribution in [2.45, 2.75) is 250 Å². The first-order valence-corrected chi connectivity index (χ1v) is 22.8. The lowest BCUT2D eigenvalue weighted by Gasteiger charge is -2.46. The van der Waals surface area contributed by atoms with Gasteiger partial charge in [-0.3, -0.25) is 9.59 Å². The molecular formula is C44H87N3O6. The highest BCUT2D eigenvalue weighted by Crippen LogP contribution is 2.26. The number of nitrogens with two attached hydrogens (primary N) is 1. The lowest BCUT2D eigenvalue weighted by atomic mass is 9.94. The molecule has 314 valence electrons. The quantitative estimate of drug-likeness (QED) is 0.0398. The Bertz CT molecular complexity index is 848. The van der Waals surface area contributed by atoms with Gasteiger partial charge in [-0.1, -0.05) is 200 Å². The van der Waals surface area contributed by atoms with Crippen LogP contribution in [0.5, 0.6) is 0 Å². The lowest BCUT2D eigenvalue weighted by molar-refractivity contribution is -0.231. The van der Waals surface area contributed by atoms with Crippen LogP contribution < -0.4 is 11.1 Å². The molecule has 1 aliphatic heterocycles. The number of carbonyl (C=O) groups excluding carboxylic acids is 2. The molecule has 0 spiro atoms. The third-order valence-electron chi connectivity index (χ3n) is 11.3. The van der Waals surface area contributed by atoms with Crippen molar-refractivity contribution in [1.29, 1.82) is 0 Å². The van der Waals surface area contributed by atoms with Crippen LogP contribution in [0.1, 0.15) is 219 Å². The van der Waals surface area contributed by atoms with E-state index < -0.39 is 43.1 Å². The second-order valence-electron chi connectivity index (χ2n) is 16.1. The zero-order valence-electron chi connectivity index (χ0n) is 34.7. The fourth-order valence-electron chi connectivity index (χ4n) is 7.78. The van der Waals surface area contributed by atoms with Crippen molar-refractivity contribution >= 4 is 11.8 Å². The first-order chi connectivity index (χ1) is 25.9. The van der Waals surface area contributed by atoms with Gasteiger partial charge in [-0.25, -0.2) is 0 Å². The summed E-state index contributed by atoms with van der Waals surface area (Å²) in [5, 5.41) is 34.2. The fourth-order valence-corrected chi connectivity index (χ4v) is 7.78. The summed E-state index contributed by atoms with van der Waals surface area (Å²) in [6.45, 7) is 4.16. The number of nitrogens with one attached hydrogen (secondary N) is 1. The topological polar surface area (TPSA) is 145 Å². The van der Waals surface area contributed by atoms with Gasteiger partial charge in [-0.15, -0.1) is 0 Å². The molecule has 0 aromatic carbocycles. The van der Waals surface area contributed by atoms with E-state index in [0.717, 1.165) is 38.5 Å². The minimum absolute atomic E-state index is 0.0852. The van der Waals surface area contributed by atoms with Gasteiger partial charge in [0.05, 0.1) is 13.2 Å². The summed E-state index contributed by atoms with van der Waals surface area (Å²) < 4.78 is 6.06. The van der Waals surface area contributed by atoms with Gasteiger partial charge in [0.25, 0.3) is 0 Å². The minimum Gasteiger partial charge on any atom is -0.394 e. The van der Waals surface area contributed by atoms with E-state index in [1.165, 1.54) is 161 Å². The molecule has 53 heavy (non-hydrogen) atoms. The molecule has 0 aromatic heterocycles. The van der Waals surface area contributed by atoms with E-state index in [1.54, 1.807) is 4.90 Å². The number of rotatable bonds is 37. The van der Waals surface area contributed by atoms with E-state index in [-0.39, 0.29) is 12.5 Å². The fraction of sp³-hybridized carbons (Fsp3) is 0.955. The molecule has 5 atom stereocenters. The van der Waals surface area contributed by atoms with Gasteiger partial charge >= 0.3 is 0 Å². The Morgan fingerprint density at radius 3 is 1.28 bits per heavy atom. The van der Waals surface area contributed by atoms with Gasteiger partial charge in [-0.05, 0) is 12.8 Å². The molecule has 6 N–H and O–H groups in total. The van der Waals surface area contributed by atoms with Crippen molar-refractivity contribution in [3.05, 3.63) is 0 Å². The van der Waals surface area contributed by atoms with E-state index in [4.69, 9.17) is 10.5 Å². The van der Waals surface area contributed by atoms with E-state index in [1.807, 2.05) is 0 Å². The molecule has 0 radical (unpaired) electrons. The number of unbranched alkanes of at least 4 members (excludes halogenated alkanes) is 29. The molecule has 0 bridgehead atoms. The lowest BCUT2D eigenvalue weighted by Crippen LogP contribution is -2.69. The summed E-state index contributed by atoms with van der Waals surface area (Å²) in [7, 11) is 0. The van der Waals surface area contributed by atoms with Crippen LogP contribution >= 0.6 is 0 Å². The molecule has 1 fully saturated rings. The number of aliphatic hydroxyl groups is 3. The normalized spacial score (nSPS) is 20.2. The summed E-state index contributed by atoms with van der Waals surface area (Å²) in [6.07, 6.45) is 34.5. The van der Waals surface area contributed by atoms with Crippen molar-refractivity contribution in [2.75, 3.05) is 19.7 Å². The number of carbonyl (C=O) groups is 2. The highest BCUT2D eigenvalue weighted by atomic mass is 16.5. The smallest absolute Gasteiger partial charge is 0.234 e. The molecule has 0 unspecified atom stereocenters. The van der Waals surface area contributed by atoms with Gasteiger partial charge in [0.2, 0.25) is 11.8 Å². The zero-order valence-corrected chi connectivity index (χ0v) is 34.7. The van der Waals surface area contributed by atoms with Gasteiger partial charge < -0.3 is 36.0 Å². The van der Waals surface area contributed by atoms with E-state index in [2.05, 4.69) is 19.2 Å². The number of nitrogens with zero attached hydrogens (tertiary/aromatic N) is 1.